The lowest BCUT2D eigenvalue weighted by atomic mass is 10.4. The van der Waals surface area contributed by atoms with Crippen LogP contribution in [0.3, 0.4) is 0 Å². The first-order chi connectivity index (χ1) is 13.8. The third-order valence-corrected chi connectivity index (χ3v) is 6.77. The lowest BCUT2D eigenvalue weighted by Crippen LogP contribution is -2.48. The predicted molar refractivity (Wildman–Crippen MR) is 109 cm³/mol. The molecule has 2 N–H and O–H groups in total. The van der Waals surface area contributed by atoms with E-state index in [-0.39, 0.29) is 24.6 Å². The average Bonchev–Trinajstić information content (AvgIpc) is 3.19. The number of halogens is 1. The zero-order chi connectivity index (χ0) is 21.4. The molecule has 0 bridgehead atoms. The number of amides is 2. The minimum atomic E-state index is -3.81. The molecule has 9 nitrogen and oxygen atoms in total. The Kier molecular flexibility index (Phi) is 8.84. The highest BCUT2D eigenvalue weighted by molar-refractivity contribution is 7.89. The van der Waals surface area contributed by atoms with Crippen LogP contribution >= 0.6 is 11.6 Å². The maximum Gasteiger partial charge on any atom is 0.309 e. The van der Waals surface area contributed by atoms with Crippen LogP contribution in [-0.2, 0) is 24.3 Å². The highest BCUT2D eigenvalue weighted by Gasteiger charge is 2.36. The number of benzene rings is 1. The summed E-state index contributed by atoms with van der Waals surface area (Å²) in [5, 5.41) is 5.42. The lowest BCUT2D eigenvalue weighted by molar-refractivity contribution is -0.139. The lowest BCUT2D eigenvalue weighted by Gasteiger charge is -2.23. The van der Waals surface area contributed by atoms with Gasteiger partial charge in [0.15, 0.2) is 0 Å². The van der Waals surface area contributed by atoms with Crippen LogP contribution in [0.15, 0.2) is 29.2 Å². The highest BCUT2D eigenvalue weighted by Crippen LogP contribution is 2.23. The van der Waals surface area contributed by atoms with Crippen LogP contribution in [-0.4, -0.2) is 81.5 Å². The summed E-state index contributed by atoms with van der Waals surface area (Å²) in [7, 11) is -3.81. The molecule has 0 radical (unpaired) electrons. The number of rotatable bonds is 9. The summed E-state index contributed by atoms with van der Waals surface area (Å²) < 4.78 is 32.2. The first-order valence-corrected chi connectivity index (χ1v) is 11.3. The normalized spacial score (nSPS) is 17.4. The molecule has 162 valence electrons. The van der Waals surface area contributed by atoms with Gasteiger partial charge in [-0.1, -0.05) is 25.4 Å². The van der Waals surface area contributed by atoms with Gasteiger partial charge >= 0.3 is 11.8 Å². The number of nitrogens with one attached hydrogen (secondary N) is 2. The summed E-state index contributed by atoms with van der Waals surface area (Å²) in [5.74, 6) is -1.59. The summed E-state index contributed by atoms with van der Waals surface area (Å²) in [6.07, 6.45) is -0.886. The van der Waals surface area contributed by atoms with Crippen molar-refractivity contribution in [2.24, 2.45) is 0 Å². The molecule has 11 heteroatoms. The molecule has 1 aliphatic heterocycles. The molecule has 1 fully saturated rings. The molecule has 0 unspecified atom stereocenters. The largest absolute Gasteiger partial charge is 0.359 e. The van der Waals surface area contributed by atoms with Crippen LogP contribution in [0.5, 0.6) is 0 Å². The van der Waals surface area contributed by atoms with E-state index in [0.29, 0.717) is 18.1 Å². The quantitative estimate of drug-likeness (QED) is 0.527. The van der Waals surface area contributed by atoms with Crippen molar-refractivity contribution in [2.45, 2.75) is 25.0 Å². The van der Waals surface area contributed by atoms with Crippen LogP contribution in [0.25, 0.3) is 0 Å². The Hall–Kier alpha value is -1.72. The van der Waals surface area contributed by atoms with Gasteiger partial charge in [-0.25, -0.2) is 8.42 Å². The second-order valence-corrected chi connectivity index (χ2v) is 8.71. The topological polar surface area (TPSA) is 108 Å². The van der Waals surface area contributed by atoms with Crippen LogP contribution < -0.4 is 10.6 Å². The Bertz CT molecular complexity index is 799. The number of hydrogen-bond donors (Lipinski definition) is 2. The summed E-state index contributed by atoms with van der Waals surface area (Å²) in [6.45, 7) is 6.97. The second-order valence-electron chi connectivity index (χ2n) is 6.39. The number of ether oxygens (including phenoxy) is 1. The molecule has 1 atom stereocenters. The van der Waals surface area contributed by atoms with Gasteiger partial charge in [0.2, 0.25) is 10.0 Å². The van der Waals surface area contributed by atoms with E-state index in [1.807, 2.05) is 13.8 Å². The van der Waals surface area contributed by atoms with Crippen molar-refractivity contribution in [3.8, 4) is 0 Å². The third-order valence-electron chi connectivity index (χ3n) is 4.61. The SMILES string of the molecule is CCN(CC)CCNC(=O)C(=O)NC[C@H]1OCCN1S(=O)(=O)c1ccc(Cl)cc1. The first-order valence-electron chi connectivity index (χ1n) is 9.47. The summed E-state index contributed by atoms with van der Waals surface area (Å²) >= 11 is 5.81. The van der Waals surface area contributed by atoms with Crippen molar-refractivity contribution in [1.82, 2.24) is 19.8 Å². The molecule has 1 aromatic rings. The van der Waals surface area contributed by atoms with Crippen molar-refractivity contribution in [3.63, 3.8) is 0 Å². The number of nitrogens with zero attached hydrogens (tertiary/aromatic N) is 2. The molecule has 2 rings (SSSR count). The Labute approximate surface area is 176 Å². The smallest absolute Gasteiger partial charge is 0.309 e. The second kappa shape index (κ2) is 10.9. The van der Waals surface area contributed by atoms with Crippen molar-refractivity contribution in [1.29, 1.82) is 0 Å². The monoisotopic (exact) mass is 446 g/mol. The Morgan fingerprint density at radius 2 is 1.79 bits per heavy atom. The molecule has 29 heavy (non-hydrogen) atoms. The fourth-order valence-corrected chi connectivity index (χ4v) is 4.53. The molecular weight excluding hydrogens is 420 g/mol. The fraction of sp³-hybridized carbons (Fsp3) is 0.556. The highest BCUT2D eigenvalue weighted by atomic mass is 35.5. The summed E-state index contributed by atoms with van der Waals surface area (Å²) in [4.78, 5) is 26.1. The molecule has 2 amide bonds. The molecule has 1 heterocycles. The summed E-state index contributed by atoms with van der Waals surface area (Å²) in [6, 6.07) is 5.80. The van der Waals surface area contributed by atoms with E-state index < -0.39 is 28.1 Å². The van der Waals surface area contributed by atoms with Gasteiger partial charge in [-0.05, 0) is 37.4 Å². The molecule has 0 saturated carbocycles. The fourth-order valence-electron chi connectivity index (χ4n) is 2.89. The first kappa shape index (κ1) is 23.6. The van der Waals surface area contributed by atoms with Crippen LogP contribution in [0, 0.1) is 0 Å². The molecular formula is C18H27ClN4O5S. The Morgan fingerprint density at radius 1 is 1.17 bits per heavy atom. The van der Waals surface area contributed by atoms with Gasteiger partial charge in [0.25, 0.3) is 0 Å². The van der Waals surface area contributed by atoms with Crippen molar-refractivity contribution in [3.05, 3.63) is 29.3 Å². The van der Waals surface area contributed by atoms with E-state index >= 15 is 0 Å². The maximum atomic E-state index is 12.8. The summed E-state index contributed by atoms with van der Waals surface area (Å²) in [5.41, 5.74) is 0. The van der Waals surface area contributed by atoms with E-state index in [0.717, 1.165) is 17.4 Å². The van der Waals surface area contributed by atoms with E-state index in [1.54, 1.807) is 0 Å². The van der Waals surface area contributed by atoms with Gasteiger partial charge in [0.05, 0.1) is 18.0 Å². The zero-order valence-corrected chi connectivity index (χ0v) is 18.1. The molecule has 1 saturated heterocycles. The predicted octanol–water partition coefficient (Wildman–Crippen LogP) is 0.261. The minimum Gasteiger partial charge on any atom is -0.359 e. The molecule has 0 aromatic heterocycles. The van der Waals surface area contributed by atoms with Crippen LogP contribution in [0.1, 0.15) is 13.8 Å². The average molecular weight is 447 g/mol. The van der Waals surface area contributed by atoms with Crippen molar-refractivity contribution < 1.29 is 22.7 Å². The van der Waals surface area contributed by atoms with E-state index in [9.17, 15) is 18.0 Å². The third kappa shape index (κ3) is 6.38. The zero-order valence-electron chi connectivity index (χ0n) is 16.6. The molecule has 1 aromatic carbocycles. The Morgan fingerprint density at radius 3 is 2.41 bits per heavy atom. The molecule has 1 aliphatic rings. The molecule has 0 aliphatic carbocycles. The van der Waals surface area contributed by atoms with Crippen molar-refractivity contribution in [2.75, 3.05) is 45.9 Å². The van der Waals surface area contributed by atoms with Crippen molar-refractivity contribution >= 4 is 33.4 Å². The molecule has 0 spiro atoms. The van der Waals surface area contributed by atoms with Gasteiger partial charge in [-0.15, -0.1) is 0 Å². The minimum absolute atomic E-state index is 0.0814. The van der Waals surface area contributed by atoms with E-state index in [2.05, 4.69) is 15.5 Å². The number of likely N-dealkylation sites (N-methyl/N-ethyl adjacent to an activating group) is 1. The maximum absolute atomic E-state index is 12.8. The van der Waals surface area contributed by atoms with Gasteiger partial charge in [0.1, 0.15) is 6.23 Å². The van der Waals surface area contributed by atoms with Gasteiger partial charge in [-0.2, -0.15) is 4.31 Å². The standard InChI is InChI=1S/C18H27ClN4O5S/c1-3-22(4-2)10-9-20-17(24)18(25)21-13-16-23(11-12-28-16)29(26,27)15-7-5-14(19)6-8-15/h5-8,16H,3-4,9-13H2,1-2H3,(H,20,24)(H,21,25)/t16-/m1/s1. The van der Waals surface area contributed by atoms with Gasteiger partial charge < -0.3 is 20.3 Å². The van der Waals surface area contributed by atoms with E-state index in [4.69, 9.17) is 16.3 Å². The van der Waals surface area contributed by atoms with Crippen LogP contribution in [0.4, 0.5) is 0 Å². The number of carbonyl (C=O) groups excluding carboxylic acids is 2. The number of sulfonamides is 1. The van der Waals surface area contributed by atoms with E-state index in [1.165, 1.54) is 24.3 Å². The number of hydrogen-bond acceptors (Lipinski definition) is 6. The van der Waals surface area contributed by atoms with Gasteiger partial charge in [0, 0.05) is 24.7 Å². The number of carbonyl (C=O) groups is 2. The van der Waals surface area contributed by atoms with Gasteiger partial charge in [-0.3, -0.25) is 9.59 Å². The van der Waals surface area contributed by atoms with Crippen LogP contribution in [0.2, 0.25) is 5.02 Å². The Balaban J connectivity index is 1.88.